The van der Waals surface area contributed by atoms with Crippen molar-refractivity contribution >= 4 is 33.5 Å². The third kappa shape index (κ3) is 5.59. The van der Waals surface area contributed by atoms with Gasteiger partial charge >= 0.3 is 5.97 Å². The van der Waals surface area contributed by atoms with Crippen LogP contribution in [0.2, 0.25) is 0 Å². The molecule has 0 radical (unpaired) electrons. The van der Waals surface area contributed by atoms with Crippen LogP contribution in [-0.4, -0.2) is 25.1 Å². The normalized spacial score (nSPS) is 11.5. The van der Waals surface area contributed by atoms with Gasteiger partial charge in [-0.3, -0.25) is 9.59 Å². The third-order valence-corrected chi connectivity index (χ3v) is 4.51. The zero-order chi connectivity index (χ0) is 19.1. The highest BCUT2D eigenvalue weighted by atomic mass is 79.9. The molecule has 26 heavy (non-hydrogen) atoms. The van der Waals surface area contributed by atoms with E-state index in [4.69, 9.17) is 9.47 Å². The predicted molar refractivity (Wildman–Crippen MR) is 104 cm³/mol. The molecule has 0 aromatic heterocycles. The van der Waals surface area contributed by atoms with E-state index in [1.807, 2.05) is 43.3 Å². The SMILES string of the molecule is COc1ccccc1CCC(=O)O[C@H](C)C(=O)Nc1ccc(C)cc1Br. The Hall–Kier alpha value is -2.34. The molecule has 1 N–H and O–H groups in total. The Labute approximate surface area is 161 Å². The van der Waals surface area contributed by atoms with Crippen molar-refractivity contribution in [3.05, 3.63) is 58.1 Å². The van der Waals surface area contributed by atoms with Crippen LogP contribution in [0.15, 0.2) is 46.9 Å². The number of esters is 1. The summed E-state index contributed by atoms with van der Waals surface area (Å²) >= 11 is 3.41. The van der Waals surface area contributed by atoms with Crippen molar-refractivity contribution in [3.63, 3.8) is 0 Å². The molecule has 2 aromatic rings. The van der Waals surface area contributed by atoms with Crippen molar-refractivity contribution in [2.45, 2.75) is 32.8 Å². The van der Waals surface area contributed by atoms with Crippen molar-refractivity contribution in [1.29, 1.82) is 0 Å². The van der Waals surface area contributed by atoms with E-state index in [1.54, 1.807) is 20.1 Å². The average Bonchev–Trinajstić information content (AvgIpc) is 2.62. The Kier molecular flexibility index (Phi) is 7.21. The largest absolute Gasteiger partial charge is 0.496 e. The summed E-state index contributed by atoms with van der Waals surface area (Å²) in [5, 5.41) is 2.75. The van der Waals surface area contributed by atoms with Gasteiger partial charge in [0.15, 0.2) is 6.10 Å². The van der Waals surface area contributed by atoms with E-state index in [2.05, 4.69) is 21.2 Å². The van der Waals surface area contributed by atoms with Crippen molar-refractivity contribution < 1.29 is 19.1 Å². The van der Waals surface area contributed by atoms with Crippen molar-refractivity contribution in [2.75, 3.05) is 12.4 Å². The number of halogens is 1. The standard InChI is InChI=1S/C20H22BrNO4/c1-13-8-10-17(16(21)12-13)22-20(24)14(2)26-19(23)11-9-15-6-4-5-7-18(15)25-3/h4-8,10,12,14H,9,11H2,1-3H3,(H,22,24)/t14-/m1/s1. The molecule has 1 atom stereocenters. The first-order chi connectivity index (χ1) is 12.4. The van der Waals surface area contributed by atoms with Gasteiger partial charge in [0.1, 0.15) is 5.75 Å². The minimum absolute atomic E-state index is 0.173. The number of anilines is 1. The molecule has 0 saturated carbocycles. The number of ether oxygens (including phenoxy) is 2. The van der Waals surface area contributed by atoms with E-state index >= 15 is 0 Å². The first kappa shape index (κ1) is 20.0. The lowest BCUT2D eigenvalue weighted by atomic mass is 10.1. The molecule has 0 fully saturated rings. The van der Waals surface area contributed by atoms with Crippen LogP contribution in [0.4, 0.5) is 5.69 Å². The van der Waals surface area contributed by atoms with Gasteiger partial charge in [-0.15, -0.1) is 0 Å². The van der Waals surface area contributed by atoms with Crippen LogP contribution in [-0.2, 0) is 20.7 Å². The summed E-state index contributed by atoms with van der Waals surface area (Å²) in [6, 6.07) is 13.1. The molecule has 6 heteroatoms. The predicted octanol–water partition coefficient (Wildman–Crippen LogP) is 4.27. The number of methoxy groups -OCH3 is 1. The van der Waals surface area contributed by atoms with Crippen LogP contribution in [0, 0.1) is 6.92 Å². The van der Waals surface area contributed by atoms with Gasteiger partial charge in [-0.05, 0) is 65.5 Å². The van der Waals surface area contributed by atoms with Gasteiger partial charge in [-0.2, -0.15) is 0 Å². The summed E-state index contributed by atoms with van der Waals surface area (Å²) < 4.78 is 11.3. The van der Waals surface area contributed by atoms with Crippen LogP contribution < -0.4 is 10.1 Å². The minimum Gasteiger partial charge on any atom is -0.496 e. The summed E-state index contributed by atoms with van der Waals surface area (Å²) in [5.41, 5.74) is 2.64. The number of carbonyl (C=O) groups excluding carboxylic acids is 2. The molecule has 5 nitrogen and oxygen atoms in total. The molecule has 138 valence electrons. The van der Waals surface area contributed by atoms with Gasteiger partial charge in [0.05, 0.1) is 12.8 Å². The monoisotopic (exact) mass is 419 g/mol. The third-order valence-electron chi connectivity index (χ3n) is 3.85. The highest BCUT2D eigenvalue weighted by Gasteiger charge is 2.19. The van der Waals surface area contributed by atoms with Gasteiger partial charge in [0.25, 0.3) is 5.91 Å². The van der Waals surface area contributed by atoms with E-state index in [1.165, 1.54) is 0 Å². The minimum atomic E-state index is -0.881. The molecule has 2 rings (SSSR count). The Balaban J connectivity index is 1.86. The number of amides is 1. The molecule has 1 amide bonds. The molecule has 0 spiro atoms. The second-order valence-electron chi connectivity index (χ2n) is 5.92. The van der Waals surface area contributed by atoms with E-state index in [9.17, 15) is 9.59 Å². The fraction of sp³-hybridized carbons (Fsp3) is 0.300. The summed E-state index contributed by atoms with van der Waals surface area (Å²) in [4.78, 5) is 24.3. The molecule has 0 aliphatic rings. The van der Waals surface area contributed by atoms with Crippen LogP contribution in [0.25, 0.3) is 0 Å². The second-order valence-corrected chi connectivity index (χ2v) is 6.77. The molecule has 0 aliphatic carbocycles. The highest BCUT2D eigenvalue weighted by molar-refractivity contribution is 9.10. The zero-order valence-corrected chi connectivity index (χ0v) is 16.6. The van der Waals surface area contributed by atoms with Crippen LogP contribution in [0.3, 0.4) is 0 Å². The quantitative estimate of drug-likeness (QED) is 0.680. The molecular formula is C20H22BrNO4. The Morgan fingerprint density at radius 1 is 1.19 bits per heavy atom. The summed E-state index contributed by atoms with van der Waals surface area (Å²) in [5.74, 6) is -0.0722. The van der Waals surface area contributed by atoms with E-state index < -0.39 is 12.1 Å². The topological polar surface area (TPSA) is 64.6 Å². The number of rotatable bonds is 7. The smallest absolute Gasteiger partial charge is 0.306 e. The van der Waals surface area contributed by atoms with Gasteiger partial charge in [0.2, 0.25) is 0 Å². The number of aryl methyl sites for hydroxylation is 2. The number of hydrogen-bond acceptors (Lipinski definition) is 4. The lowest BCUT2D eigenvalue weighted by molar-refractivity contribution is -0.153. The average molecular weight is 420 g/mol. The molecule has 0 heterocycles. The van der Waals surface area contributed by atoms with E-state index in [0.29, 0.717) is 12.1 Å². The molecule has 2 aromatic carbocycles. The van der Waals surface area contributed by atoms with Gasteiger partial charge in [-0.25, -0.2) is 0 Å². The Morgan fingerprint density at radius 3 is 2.62 bits per heavy atom. The van der Waals surface area contributed by atoms with Gasteiger partial charge in [0, 0.05) is 10.9 Å². The summed E-state index contributed by atoms with van der Waals surface area (Å²) in [7, 11) is 1.59. The summed E-state index contributed by atoms with van der Waals surface area (Å²) in [6.07, 6.45) is -0.221. The Bertz CT molecular complexity index is 791. The molecule has 0 aliphatic heterocycles. The van der Waals surface area contributed by atoms with Crippen molar-refractivity contribution in [1.82, 2.24) is 0 Å². The zero-order valence-electron chi connectivity index (χ0n) is 15.0. The number of hydrogen-bond donors (Lipinski definition) is 1. The summed E-state index contributed by atoms with van der Waals surface area (Å²) in [6.45, 7) is 3.51. The fourth-order valence-corrected chi connectivity index (χ4v) is 3.00. The highest BCUT2D eigenvalue weighted by Crippen LogP contribution is 2.24. The first-order valence-electron chi connectivity index (χ1n) is 8.29. The van der Waals surface area contributed by atoms with Crippen molar-refractivity contribution in [2.24, 2.45) is 0 Å². The number of carbonyl (C=O) groups is 2. The van der Waals surface area contributed by atoms with Crippen LogP contribution in [0.5, 0.6) is 5.75 Å². The van der Waals surface area contributed by atoms with Gasteiger partial charge < -0.3 is 14.8 Å². The number of para-hydroxylation sites is 1. The first-order valence-corrected chi connectivity index (χ1v) is 9.08. The second kappa shape index (κ2) is 9.38. The van der Waals surface area contributed by atoms with Gasteiger partial charge in [-0.1, -0.05) is 24.3 Å². The lowest BCUT2D eigenvalue weighted by Gasteiger charge is -2.15. The van der Waals surface area contributed by atoms with Crippen molar-refractivity contribution in [3.8, 4) is 5.75 Å². The fourth-order valence-electron chi connectivity index (χ4n) is 2.41. The maximum Gasteiger partial charge on any atom is 0.306 e. The lowest BCUT2D eigenvalue weighted by Crippen LogP contribution is -2.30. The molecular weight excluding hydrogens is 398 g/mol. The van der Waals surface area contributed by atoms with Crippen LogP contribution in [0.1, 0.15) is 24.5 Å². The van der Waals surface area contributed by atoms with E-state index in [-0.39, 0.29) is 12.3 Å². The number of nitrogens with one attached hydrogen (secondary N) is 1. The number of benzene rings is 2. The molecule has 0 bridgehead atoms. The maximum atomic E-state index is 12.2. The van der Waals surface area contributed by atoms with E-state index in [0.717, 1.165) is 21.3 Å². The van der Waals surface area contributed by atoms with Crippen LogP contribution >= 0.6 is 15.9 Å². The maximum absolute atomic E-state index is 12.2. The Morgan fingerprint density at radius 2 is 1.92 bits per heavy atom. The molecule has 0 saturated heterocycles. The molecule has 0 unspecified atom stereocenters.